The second-order valence-corrected chi connectivity index (χ2v) is 6.36. The SMILES string of the molecule is Cl.Nc1ccccc1NC(=O)C1CCCN(C(=O)COc2ccccc2)C1. The first-order valence-corrected chi connectivity index (χ1v) is 8.74. The summed E-state index contributed by atoms with van der Waals surface area (Å²) in [5.41, 5.74) is 7.01. The Morgan fingerprint density at radius 2 is 1.81 bits per heavy atom. The molecular formula is C20H24ClN3O3. The van der Waals surface area contributed by atoms with E-state index in [0.29, 0.717) is 30.2 Å². The number of halogens is 1. The van der Waals surface area contributed by atoms with E-state index in [9.17, 15) is 9.59 Å². The fraction of sp³-hybridized carbons (Fsp3) is 0.300. The monoisotopic (exact) mass is 389 g/mol. The number of nitrogens with zero attached hydrogens (tertiary/aromatic N) is 1. The molecule has 2 aromatic carbocycles. The van der Waals surface area contributed by atoms with E-state index in [1.54, 1.807) is 17.0 Å². The van der Waals surface area contributed by atoms with Crippen LogP contribution in [0.25, 0.3) is 0 Å². The molecule has 1 atom stereocenters. The second kappa shape index (κ2) is 9.83. The molecule has 7 heteroatoms. The normalized spacial score (nSPS) is 16.1. The molecule has 2 amide bonds. The van der Waals surface area contributed by atoms with Gasteiger partial charge >= 0.3 is 0 Å². The molecule has 3 N–H and O–H groups in total. The first-order valence-electron chi connectivity index (χ1n) is 8.74. The number of nitrogens with one attached hydrogen (secondary N) is 1. The summed E-state index contributed by atoms with van der Waals surface area (Å²) in [5, 5.41) is 2.86. The van der Waals surface area contributed by atoms with Crippen LogP contribution in [0.3, 0.4) is 0 Å². The number of ether oxygens (including phenoxy) is 1. The van der Waals surface area contributed by atoms with Crippen LogP contribution in [-0.2, 0) is 9.59 Å². The van der Waals surface area contributed by atoms with E-state index in [0.717, 1.165) is 12.8 Å². The summed E-state index contributed by atoms with van der Waals surface area (Å²) >= 11 is 0. The van der Waals surface area contributed by atoms with E-state index in [2.05, 4.69) is 5.32 Å². The maximum absolute atomic E-state index is 12.5. The highest BCUT2D eigenvalue weighted by Crippen LogP contribution is 2.22. The molecule has 0 radical (unpaired) electrons. The van der Waals surface area contributed by atoms with Crippen LogP contribution in [0, 0.1) is 5.92 Å². The Hall–Kier alpha value is -2.73. The van der Waals surface area contributed by atoms with E-state index in [4.69, 9.17) is 10.5 Å². The van der Waals surface area contributed by atoms with Crippen LogP contribution in [0.5, 0.6) is 5.75 Å². The number of hydrogen-bond donors (Lipinski definition) is 2. The van der Waals surface area contributed by atoms with Crippen molar-refractivity contribution in [1.29, 1.82) is 0 Å². The standard InChI is InChI=1S/C20H23N3O3.ClH/c21-17-10-4-5-11-18(17)22-20(25)15-7-6-12-23(13-15)19(24)14-26-16-8-2-1-3-9-16;/h1-5,8-11,15H,6-7,12-14,21H2,(H,22,25);1H. The van der Waals surface area contributed by atoms with Gasteiger partial charge in [-0.2, -0.15) is 0 Å². The highest BCUT2D eigenvalue weighted by atomic mass is 35.5. The number of carbonyl (C=O) groups is 2. The fourth-order valence-electron chi connectivity index (χ4n) is 3.02. The van der Waals surface area contributed by atoms with Gasteiger partial charge in [0.2, 0.25) is 5.91 Å². The molecule has 27 heavy (non-hydrogen) atoms. The molecule has 1 fully saturated rings. The maximum Gasteiger partial charge on any atom is 0.260 e. The Balaban J connectivity index is 0.00000261. The first kappa shape index (κ1) is 20.6. The van der Waals surface area contributed by atoms with Gasteiger partial charge in [-0.25, -0.2) is 0 Å². The number of rotatable bonds is 5. The van der Waals surface area contributed by atoms with E-state index in [1.165, 1.54) is 0 Å². The third-order valence-electron chi connectivity index (χ3n) is 4.47. The van der Waals surface area contributed by atoms with Crippen LogP contribution in [0.4, 0.5) is 11.4 Å². The van der Waals surface area contributed by atoms with Gasteiger partial charge < -0.3 is 20.7 Å². The van der Waals surface area contributed by atoms with E-state index >= 15 is 0 Å². The average Bonchev–Trinajstić information content (AvgIpc) is 2.69. The molecule has 144 valence electrons. The molecule has 1 saturated heterocycles. The third-order valence-corrected chi connectivity index (χ3v) is 4.47. The minimum absolute atomic E-state index is 0. The Morgan fingerprint density at radius 1 is 1.11 bits per heavy atom. The Labute approximate surface area is 165 Å². The van der Waals surface area contributed by atoms with Crippen molar-refractivity contribution in [2.75, 3.05) is 30.7 Å². The Kier molecular flexibility index (Phi) is 7.49. The number of nitrogens with two attached hydrogens (primary N) is 1. The van der Waals surface area contributed by atoms with Crippen molar-refractivity contribution < 1.29 is 14.3 Å². The fourth-order valence-corrected chi connectivity index (χ4v) is 3.02. The molecule has 6 nitrogen and oxygen atoms in total. The van der Waals surface area contributed by atoms with E-state index < -0.39 is 0 Å². The predicted octanol–water partition coefficient (Wildman–Crippen LogP) is 2.95. The van der Waals surface area contributed by atoms with Gasteiger partial charge in [0, 0.05) is 13.1 Å². The molecule has 2 aromatic rings. The molecule has 0 aromatic heterocycles. The van der Waals surface area contributed by atoms with Crippen LogP contribution in [0.2, 0.25) is 0 Å². The van der Waals surface area contributed by atoms with Gasteiger partial charge in [-0.3, -0.25) is 9.59 Å². The number of nitrogen functional groups attached to an aromatic ring is 1. The van der Waals surface area contributed by atoms with Gasteiger partial charge in [0.15, 0.2) is 6.61 Å². The molecular weight excluding hydrogens is 366 g/mol. The lowest BCUT2D eigenvalue weighted by atomic mass is 9.97. The summed E-state index contributed by atoms with van der Waals surface area (Å²) in [7, 11) is 0. The zero-order chi connectivity index (χ0) is 18.4. The number of benzene rings is 2. The molecule has 0 spiro atoms. The average molecular weight is 390 g/mol. The molecule has 0 bridgehead atoms. The number of piperidine rings is 1. The number of para-hydroxylation sites is 3. The number of likely N-dealkylation sites (tertiary alicyclic amines) is 1. The first-order chi connectivity index (χ1) is 12.6. The smallest absolute Gasteiger partial charge is 0.260 e. The maximum atomic E-state index is 12.5. The highest BCUT2D eigenvalue weighted by Gasteiger charge is 2.28. The highest BCUT2D eigenvalue weighted by molar-refractivity contribution is 5.95. The van der Waals surface area contributed by atoms with Crippen molar-refractivity contribution in [1.82, 2.24) is 4.90 Å². The summed E-state index contributed by atoms with van der Waals surface area (Å²) in [4.78, 5) is 26.6. The summed E-state index contributed by atoms with van der Waals surface area (Å²) in [5.74, 6) is 0.200. The topological polar surface area (TPSA) is 84.7 Å². The lowest BCUT2D eigenvalue weighted by Gasteiger charge is -2.32. The second-order valence-electron chi connectivity index (χ2n) is 6.36. The van der Waals surface area contributed by atoms with Crippen molar-refractivity contribution in [2.24, 2.45) is 5.92 Å². The van der Waals surface area contributed by atoms with Crippen LogP contribution in [-0.4, -0.2) is 36.4 Å². The molecule has 1 aliphatic heterocycles. The minimum atomic E-state index is -0.246. The Morgan fingerprint density at radius 3 is 2.56 bits per heavy atom. The zero-order valence-electron chi connectivity index (χ0n) is 15.0. The Bertz CT molecular complexity index is 770. The third kappa shape index (κ3) is 5.62. The van der Waals surface area contributed by atoms with Gasteiger partial charge in [-0.05, 0) is 37.1 Å². The van der Waals surface area contributed by atoms with Crippen LogP contribution in [0.15, 0.2) is 54.6 Å². The van der Waals surface area contributed by atoms with Crippen molar-refractivity contribution in [3.8, 4) is 5.75 Å². The molecule has 1 unspecified atom stereocenters. The molecule has 1 aliphatic rings. The summed E-state index contributed by atoms with van der Waals surface area (Å²) < 4.78 is 5.52. The molecule has 0 aliphatic carbocycles. The number of hydrogen-bond acceptors (Lipinski definition) is 4. The molecule has 3 rings (SSSR count). The van der Waals surface area contributed by atoms with Gasteiger partial charge in [-0.1, -0.05) is 30.3 Å². The lowest BCUT2D eigenvalue weighted by molar-refractivity contribution is -0.136. The van der Waals surface area contributed by atoms with Crippen molar-refractivity contribution >= 4 is 35.6 Å². The van der Waals surface area contributed by atoms with E-state index in [-0.39, 0.29) is 36.7 Å². The predicted molar refractivity (Wildman–Crippen MR) is 108 cm³/mol. The van der Waals surface area contributed by atoms with Gasteiger partial charge in [0.1, 0.15) is 5.75 Å². The van der Waals surface area contributed by atoms with Crippen molar-refractivity contribution in [3.05, 3.63) is 54.6 Å². The summed E-state index contributed by atoms with van der Waals surface area (Å²) in [6, 6.07) is 16.4. The van der Waals surface area contributed by atoms with Gasteiger partial charge in [0.25, 0.3) is 5.91 Å². The lowest BCUT2D eigenvalue weighted by Crippen LogP contribution is -2.45. The van der Waals surface area contributed by atoms with Crippen molar-refractivity contribution in [2.45, 2.75) is 12.8 Å². The zero-order valence-corrected chi connectivity index (χ0v) is 15.8. The number of amides is 2. The number of carbonyl (C=O) groups excluding carboxylic acids is 2. The van der Waals surface area contributed by atoms with E-state index in [1.807, 2.05) is 42.5 Å². The summed E-state index contributed by atoms with van der Waals surface area (Å²) in [6.45, 7) is 1.02. The summed E-state index contributed by atoms with van der Waals surface area (Å²) in [6.07, 6.45) is 1.54. The minimum Gasteiger partial charge on any atom is -0.484 e. The van der Waals surface area contributed by atoms with Crippen LogP contribution >= 0.6 is 12.4 Å². The number of anilines is 2. The molecule has 1 heterocycles. The van der Waals surface area contributed by atoms with Gasteiger partial charge in [-0.15, -0.1) is 12.4 Å². The molecule has 0 saturated carbocycles. The largest absolute Gasteiger partial charge is 0.484 e. The van der Waals surface area contributed by atoms with Crippen molar-refractivity contribution in [3.63, 3.8) is 0 Å². The quantitative estimate of drug-likeness (QED) is 0.770. The van der Waals surface area contributed by atoms with Crippen LogP contribution < -0.4 is 15.8 Å². The van der Waals surface area contributed by atoms with Gasteiger partial charge in [0.05, 0.1) is 17.3 Å². The van der Waals surface area contributed by atoms with Crippen LogP contribution in [0.1, 0.15) is 12.8 Å².